The first-order chi connectivity index (χ1) is 10.9. The fraction of sp³-hybridized carbons (Fsp3) is 0.467. The highest BCUT2D eigenvalue weighted by atomic mass is 16.6. The van der Waals surface area contributed by atoms with Gasteiger partial charge in [-0.25, -0.2) is 4.79 Å². The van der Waals surface area contributed by atoms with Crippen molar-refractivity contribution in [2.24, 2.45) is 0 Å². The molecule has 0 radical (unpaired) electrons. The Morgan fingerprint density at radius 2 is 1.87 bits per heavy atom. The normalized spacial score (nSPS) is 10.2. The molecule has 0 bridgehead atoms. The number of hydrogen-bond acceptors (Lipinski definition) is 6. The van der Waals surface area contributed by atoms with Crippen molar-refractivity contribution in [2.75, 3.05) is 25.4 Å². The van der Waals surface area contributed by atoms with Crippen molar-refractivity contribution >= 4 is 23.3 Å². The first-order valence-electron chi connectivity index (χ1n) is 7.39. The number of carbonyl (C=O) groups is 2. The Morgan fingerprint density at radius 3 is 2.39 bits per heavy atom. The lowest BCUT2D eigenvalue weighted by atomic mass is 10.2. The van der Waals surface area contributed by atoms with Crippen molar-refractivity contribution in [3.63, 3.8) is 0 Å². The van der Waals surface area contributed by atoms with E-state index in [1.54, 1.807) is 4.90 Å². The molecule has 0 saturated carbocycles. The Hall–Kier alpha value is -2.64. The number of nitrogen functional groups attached to an aromatic ring is 1. The van der Waals surface area contributed by atoms with Gasteiger partial charge in [0.15, 0.2) is 6.61 Å². The maximum absolute atomic E-state index is 12.0. The predicted octanol–water partition coefficient (Wildman–Crippen LogP) is 1.98. The lowest BCUT2D eigenvalue weighted by Gasteiger charge is -2.21. The van der Waals surface area contributed by atoms with Gasteiger partial charge in [-0.2, -0.15) is 0 Å². The van der Waals surface area contributed by atoms with Gasteiger partial charge in [0.1, 0.15) is 5.69 Å². The average molecular weight is 323 g/mol. The minimum absolute atomic E-state index is 0.0174. The number of anilines is 1. The standard InChI is InChI=1S/C15H21N3O5/c1-3-7-17(8-4-2)14(19)10-23-15(20)11-5-6-12(16)13(9-11)18(21)22/h5-6,9H,3-4,7-8,10,16H2,1-2H3. The zero-order chi connectivity index (χ0) is 17.4. The molecule has 8 heteroatoms. The van der Waals surface area contributed by atoms with Crippen LogP contribution < -0.4 is 5.73 Å². The molecule has 23 heavy (non-hydrogen) atoms. The predicted molar refractivity (Wildman–Crippen MR) is 85.0 cm³/mol. The summed E-state index contributed by atoms with van der Waals surface area (Å²) in [6, 6.07) is 3.63. The SMILES string of the molecule is CCCN(CCC)C(=O)COC(=O)c1ccc(N)c([N+](=O)[O-])c1. The third kappa shape index (κ3) is 5.24. The van der Waals surface area contributed by atoms with Gasteiger partial charge in [0, 0.05) is 19.2 Å². The number of esters is 1. The summed E-state index contributed by atoms with van der Waals surface area (Å²) in [6.45, 7) is 4.71. The topological polar surface area (TPSA) is 116 Å². The number of ether oxygens (including phenoxy) is 1. The van der Waals surface area contributed by atoms with Crippen molar-refractivity contribution in [1.29, 1.82) is 0 Å². The van der Waals surface area contributed by atoms with Crippen molar-refractivity contribution in [1.82, 2.24) is 4.90 Å². The zero-order valence-electron chi connectivity index (χ0n) is 13.3. The van der Waals surface area contributed by atoms with Gasteiger partial charge >= 0.3 is 5.97 Å². The van der Waals surface area contributed by atoms with Gasteiger partial charge in [0.25, 0.3) is 11.6 Å². The van der Waals surface area contributed by atoms with Crippen LogP contribution in [0.1, 0.15) is 37.0 Å². The molecule has 0 spiro atoms. The molecule has 1 rings (SSSR count). The van der Waals surface area contributed by atoms with Crippen LogP contribution in [0.2, 0.25) is 0 Å². The highest BCUT2D eigenvalue weighted by Crippen LogP contribution is 2.22. The number of rotatable bonds is 8. The molecule has 1 aromatic rings. The summed E-state index contributed by atoms with van der Waals surface area (Å²) in [4.78, 5) is 35.7. The van der Waals surface area contributed by atoms with E-state index < -0.39 is 17.5 Å². The van der Waals surface area contributed by atoms with Crippen molar-refractivity contribution in [3.8, 4) is 0 Å². The Kier molecular flexibility index (Phi) is 6.98. The zero-order valence-corrected chi connectivity index (χ0v) is 13.3. The van der Waals surface area contributed by atoms with E-state index in [-0.39, 0.29) is 22.8 Å². The Balaban J connectivity index is 2.71. The number of hydrogen-bond donors (Lipinski definition) is 1. The summed E-state index contributed by atoms with van der Waals surface area (Å²) in [7, 11) is 0. The second-order valence-corrected chi connectivity index (χ2v) is 4.99. The van der Waals surface area contributed by atoms with E-state index in [1.165, 1.54) is 12.1 Å². The molecule has 0 atom stereocenters. The number of nitro benzene ring substituents is 1. The smallest absolute Gasteiger partial charge is 0.338 e. The molecule has 1 amide bonds. The number of nitrogens with two attached hydrogens (primary N) is 1. The molecule has 0 unspecified atom stereocenters. The monoisotopic (exact) mass is 323 g/mol. The van der Waals surface area contributed by atoms with Crippen molar-refractivity contribution < 1.29 is 19.2 Å². The van der Waals surface area contributed by atoms with Crippen LogP contribution in [0.5, 0.6) is 0 Å². The number of nitrogens with zero attached hydrogens (tertiary/aromatic N) is 2. The van der Waals surface area contributed by atoms with E-state index >= 15 is 0 Å². The van der Waals surface area contributed by atoms with Gasteiger partial charge in [-0.3, -0.25) is 14.9 Å². The Bertz CT molecular complexity index is 582. The van der Waals surface area contributed by atoms with E-state index in [4.69, 9.17) is 10.5 Å². The maximum Gasteiger partial charge on any atom is 0.338 e. The summed E-state index contributed by atoms with van der Waals surface area (Å²) in [5.74, 6) is -1.08. The van der Waals surface area contributed by atoms with E-state index in [1.807, 2.05) is 13.8 Å². The van der Waals surface area contributed by atoms with Crippen LogP contribution in [0.15, 0.2) is 18.2 Å². The van der Waals surface area contributed by atoms with Gasteiger partial charge in [0.05, 0.1) is 10.5 Å². The maximum atomic E-state index is 12.0. The largest absolute Gasteiger partial charge is 0.452 e. The van der Waals surface area contributed by atoms with Crippen molar-refractivity contribution in [3.05, 3.63) is 33.9 Å². The van der Waals surface area contributed by atoms with Crippen LogP contribution in [0.4, 0.5) is 11.4 Å². The Morgan fingerprint density at radius 1 is 1.26 bits per heavy atom. The summed E-state index contributed by atoms with van der Waals surface area (Å²) < 4.78 is 4.94. The molecular formula is C15H21N3O5. The van der Waals surface area contributed by atoms with Crippen LogP contribution in [-0.4, -0.2) is 41.4 Å². The van der Waals surface area contributed by atoms with Gasteiger partial charge in [-0.15, -0.1) is 0 Å². The third-order valence-electron chi connectivity index (χ3n) is 3.13. The fourth-order valence-electron chi connectivity index (χ4n) is 2.03. The highest BCUT2D eigenvalue weighted by Gasteiger charge is 2.19. The van der Waals surface area contributed by atoms with Gasteiger partial charge in [0.2, 0.25) is 0 Å². The molecule has 0 aliphatic carbocycles. The molecule has 0 aliphatic rings. The molecule has 0 fully saturated rings. The van der Waals surface area contributed by atoms with E-state index in [9.17, 15) is 19.7 Å². The Labute approximate surface area is 134 Å². The summed E-state index contributed by atoms with van der Waals surface area (Å²) in [5.41, 5.74) is 5.03. The molecule has 0 aromatic heterocycles. The number of carbonyl (C=O) groups excluding carboxylic acids is 2. The van der Waals surface area contributed by atoms with Crippen molar-refractivity contribution in [2.45, 2.75) is 26.7 Å². The lowest BCUT2D eigenvalue weighted by Crippen LogP contribution is -2.35. The number of benzene rings is 1. The molecule has 1 aromatic carbocycles. The quantitative estimate of drug-likeness (QED) is 0.338. The summed E-state index contributed by atoms with van der Waals surface area (Å²) in [6.07, 6.45) is 1.62. The molecule has 0 saturated heterocycles. The summed E-state index contributed by atoms with van der Waals surface area (Å²) in [5, 5.41) is 10.8. The van der Waals surface area contributed by atoms with Gasteiger partial charge in [-0.05, 0) is 25.0 Å². The van der Waals surface area contributed by atoms with Gasteiger partial charge in [-0.1, -0.05) is 13.8 Å². The molecule has 2 N–H and O–H groups in total. The second-order valence-electron chi connectivity index (χ2n) is 4.99. The highest BCUT2D eigenvalue weighted by molar-refractivity contribution is 5.92. The molecule has 0 heterocycles. The lowest BCUT2D eigenvalue weighted by molar-refractivity contribution is -0.383. The van der Waals surface area contributed by atoms with Crippen LogP contribution in [-0.2, 0) is 9.53 Å². The molecule has 0 aliphatic heterocycles. The van der Waals surface area contributed by atoms with Crippen LogP contribution >= 0.6 is 0 Å². The van der Waals surface area contributed by atoms with Gasteiger partial charge < -0.3 is 15.4 Å². The molecule has 8 nitrogen and oxygen atoms in total. The van der Waals surface area contributed by atoms with E-state index in [0.717, 1.165) is 18.9 Å². The van der Waals surface area contributed by atoms with Crippen LogP contribution in [0, 0.1) is 10.1 Å². The summed E-state index contributed by atoms with van der Waals surface area (Å²) >= 11 is 0. The molecular weight excluding hydrogens is 302 g/mol. The first-order valence-corrected chi connectivity index (χ1v) is 7.39. The second kappa shape index (κ2) is 8.72. The minimum atomic E-state index is -0.797. The number of amides is 1. The van der Waals surface area contributed by atoms with Crippen LogP contribution in [0.3, 0.4) is 0 Å². The van der Waals surface area contributed by atoms with E-state index in [0.29, 0.717) is 13.1 Å². The van der Waals surface area contributed by atoms with Crippen LogP contribution in [0.25, 0.3) is 0 Å². The number of nitro groups is 1. The fourth-order valence-corrected chi connectivity index (χ4v) is 2.03. The first kappa shape index (κ1) is 18.4. The average Bonchev–Trinajstić information content (AvgIpc) is 2.52. The minimum Gasteiger partial charge on any atom is -0.452 e. The third-order valence-corrected chi connectivity index (χ3v) is 3.13. The molecule has 126 valence electrons. The van der Waals surface area contributed by atoms with E-state index in [2.05, 4.69) is 0 Å².